The number of carbonyl (C=O) groups is 3. The predicted octanol–water partition coefficient (Wildman–Crippen LogP) is 5.26. The molecular weight excluding hydrogens is 519 g/mol. The lowest BCUT2D eigenvalue weighted by Gasteiger charge is -2.33. The van der Waals surface area contributed by atoms with Crippen molar-refractivity contribution in [3.8, 4) is 0 Å². The van der Waals surface area contributed by atoms with E-state index in [9.17, 15) is 27.6 Å². The second kappa shape index (κ2) is 13.9. The van der Waals surface area contributed by atoms with Gasteiger partial charge in [-0.1, -0.05) is 38.3 Å². The molecule has 2 aliphatic rings. The van der Waals surface area contributed by atoms with Crippen LogP contribution < -0.4 is 10.6 Å². The van der Waals surface area contributed by atoms with Crippen LogP contribution in [0.2, 0.25) is 0 Å². The highest BCUT2D eigenvalue weighted by molar-refractivity contribution is 5.98. The van der Waals surface area contributed by atoms with Crippen LogP contribution in [0.1, 0.15) is 85.7 Å². The van der Waals surface area contributed by atoms with Crippen molar-refractivity contribution < 1.29 is 27.6 Å². The monoisotopic (exact) mass is 557 g/mol. The summed E-state index contributed by atoms with van der Waals surface area (Å²) < 4.78 is 41.8. The zero-order valence-electron chi connectivity index (χ0n) is 23.0. The molecule has 9 heteroatoms. The maximum Gasteiger partial charge on any atom is 0.254 e. The molecule has 2 amide bonds. The molecule has 1 saturated carbocycles. The predicted molar refractivity (Wildman–Crippen MR) is 146 cm³/mol. The molecular formula is C31H38F3N3O3. The molecule has 2 N–H and O–H groups in total. The summed E-state index contributed by atoms with van der Waals surface area (Å²) >= 11 is 0. The van der Waals surface area contributed by atoms with Crippen LogP contribution in [-0.2, 0) is 16.1 Å². The third-order valence-corrected chi connectivity index (χ3v) is 8.19. The molecule has 0 bridgehead atoms. The second-order valence-corrected chi connectivity index (χ2v) is 10.9. The molecule has 0 radical (unpaired) electrons. The van der Waals surface area contributed by atoms with E-state index in [1.165, 1.54) is 18.2 Å². The zero-order valence-corrected chi connectivity index (χ0v) is 23.0. The highest BCUT2D eigenvalue weighted by Crippen LogP contribution is 2.30. The summed E-state index contributed by atoms with van der Waals surface area (Å²) in [6.07, 6.45) is 6.75. The Balaban J connectivity index is 1.38. The Hall–Kier alpha value is -3.20. The van der Waals surface area contributed by atoms with Crippen LogP contribution in [-0.4, -0.2) is 48.2 Å². The summed E-state index contributed by atoms with van der Waals surface area (Å²) in [5, 5.41) is 5.77. The van der Waals surface area contributed by atoms with Gasteiger partial charge in [0.05, 0.1) is 18.2 Å². The summed E-state index contributed by atoms with van der Waals surface area (Å²) in [5.41, 5.74) is 0.948. The standard InChI is InChI=1S/C31H38F3N3O3/c1-2-28(38)30(20-7-4-3-5-8-20)36-31(40)25-15-21(11-13-26(25)33)23-9-6-14-37(19-23)29(39)18-35-17-22-10-12-24(32)16-27(22)34/h10-13,15-16,20,23,30,35H,2-9,14,17-19H2,1H3,(H,36,40)/t23?,30-/m1/s1. The van der Waals surface area contributed by atoms with Crippen LogP contribution >= 0.6 is 0 Å². The Labute approximate surface area is 233 Å². The molecule has 40 heavy (non-hydrogen) atoms. The van der Waals surface area contributed by atoms with E-state index in [4.69, 9.17) is 0 Å². The molecule has 1 aliphatic heterocycles. The summed E-state index contributed by atoms with van der Waals surface area (Å²) in [4.78, 5) is 40.4. The fourth-order valence-corrected chi connectivity index (χ4v) is 5.90. The average molecular weight is 558 g/mol. The molecule has 4 rings (SSSR count). The number of nitrogens with one attached hydrogen (secondary N) is 2. The lowest BCUT2D eigenvalue weighted by molar-refractivity contribution is -0.131. The molecule has 0 spiro atoms. The van der Waals surface area contributed by atoms with Crippen molar-refractivity contribution in [2.75, 3.05) is 19.6 Å². The van der Waals surface area contributed by atoms with Crippen molar-refractivity contribution >= 4 is 17.6 Å². The number of hydrogen-bond acceptors (Lipinski definition) is 4. The SMILES string of the molecule is CCC(=O)[C@H](NC(=O)c1cc(C2CCCN(C(=O)CNCc3ccc(F)cc3F)C2)ccc1F)C1CCCCC1. The summed E-state index contributed by atoms with van der Waals surface area (Å²) in [6, 6.07) is 7.19. The zero-order chi connectivity index (χ0) is 28.6. The van der Waals surface area contributed by atoms with E-state index in [2.05, 4.69) is 10.6 Å². The molecule has 6 nitrogen and oxygen atoms in total. The topological polar surface area (TPSA) is 78.5 Å². The first-order valence-corrected chi connectivity index (χ1v) is 14.3. The maximum atomic E-state index is 14.8. The van der Waals surface area contributed by atoms with Gasteiger partial charge in [-0.2, -0.15) is 0 Å². The number of halogens is 3. The van der Waals surface area contributed by atoms with Gasteiger partial charge in [0, 0.05) is 43.6 Å². The first-order valence-electron chi connectivity index (χ1n) is 14.3. The summed E-state index contributed by atoms with van der Waals surface area (Å²) in [7, 11) is 0. The molecule has 1 saturated heterocycles. The van der Waals surface area contributed by atoms with Gasteiger partial charge in [-0.25, -0.2) is 13.2 Å². The number of hydrogen-bond donors (Lipinski definition) is 2. The Morgan fingerprint density at radius 2 is 1.73 bits per heavy atom. The normalized spacial score (nSPS) is 18.8. The van der Waals surface area contributed by atoms with Crippen molar-refractivity contribution in [2.24, 2.45) is 5.92 Å². The van der Waals surface area contributed by atoms with E-state index in [0.29, 0.717) is 19.5 Å². The van der Waals surface area contributed by atoms with E-state index < -0.39 is 29.4 Å². The van der Waals surface area contributed by atoms with Gasteiger partial charge in [0.1, 0.15) is 17.5 Å². The van der Waals surface area contributed by atoms with Crippen molar-refractivity contribution in [3.05, 3.63) is 70.5 Å². The third kappa shape index (κ3) is 7.50. The van der Waals surface area contributed by atoms with Gasteiger partial charge < -0.3 is 15.5 Å². The van der Waals surface area contributed by atoms with Crippen molar-refractivity contribution in [1.29, 1.82) is 0 Å². The smallest absolute Gasteiger partial charge is 0.254 e. The van der Waals surface area contributed by atoms with Crippen LogP contribution in [0.4, 0.5) is 13.2 Å². The average Bonchev–Trinajstić information content (AvgIpc) is 2.97. The largest absolute Gasteiger partial charge is 0.342 e. The molecule has 2 atom stereocenters. The summed E-state index contributed by atoms with van der Waals surface area (Å²) in [5.74, 6) is -2.75. The number of carbonyl (C=O) groups excluding carboxylic acids is 3. The van der Waals surface area contributed by atoms with Crippen molar-refractivity contribution in [1.82, 2.24) is 15.5 Å². The number of nitrogens with zero attached hydrogens (tertiary/aromatic N) is 1. The number of piperidine rings is 1. The van der Waals surface area contributed by atoms with Crippen molar-refractivity contribution in [2.45, 2.75) is 76.8 Å². The molecule has 0 aromatic heterocycles. The van der Waals surface area contributed by atoms with Gasteiger partial charge in [-0.3, -0.25) is 14.4 Å². The van der Waals surface area contributed by atoms with E-state index >= 15 is 0 Å². The minimum atomic E-state index is -0.668. The number of benzene rings is 2. The molecule has 2 fully saturated rings. The first-order chi connectivity index (χ1) is 19.3. The number of likely N-dealkylation sites (tertiary alicyclic amines) is 1. The highest BCUT2D eigenvalue weighted by atomic mass is 19.1. The quantitative estimate of drug-likeness (QED) is 0.418. The molecule has 216 valence electrons. The van der Waals surface area contributed by atoms with Crippen LogP contribution in [0, 0.1) is 23.4 Å². The highest BCUT2D eigenvalue weighted by Gasteiger charge is 2.31. The molecule has 2 aromatic rings. The number of amides is 2. The van der Waals surface area contributed by atoms with Gasteiger partial charge in [-0.05, 0) is 55.4 Å². The lowest BCUT2D eigenvalue weighted by atomic mass is 9.81. The van der Waals surface area contributed by atoms with Crippen LogP contribution in [0.15, 0.2) is 36.4 Å². The lowest BCUT2D eigenvalue weighted by Crippen LogP contribution is -2.46. The van der Waals surface area contributed by atoms with Gasteiger partial charge in [0.15, 0.2) is 5.78 Å². The van der Waals surface area contributed by atoms with E-state index in [1.807, 2.05) is 0 Å². The third-order valence-electron chi connectivity index (χ3n) is 8.19. The molecule has 1 unspecified atom stereocenters. The summed E-state index contributed by atoms with van der Waals surface area (Å²) in [6.45, 7) is 2.84. The number of ketones is 1. The first kappa shape index (κ1) is 29.8. The van der Waals surface area contributed by atoms with E-state index in [1.54, 1.807) is 24.0 Å². The molecule has 2 aromatic carbocycles. The Bertz CT molecular complexity index is 1220. The fourth-order valence-electron chi connectivity index (χ4n) is 5.90. The maximum absolute atomic E-state index is 14.8. The molecule has 1 aliphatic carbocycles. The minimum Gasteiger partial charge on any atom is -0.342 e. The van der Waals surface area contributed by atoms with Gasteiger partial charge >= 0.3 is 0 Å². The van der Waals surface area contributed by atoms with Gasteiger partial charge in [0.25, 0.3) is 5.91 Å². The Morgan fingerprint density at radius 3 is 2.45 bits per heavy atom. The Kier molecular flexibility index (Phi) is 10.4. The van der Waals surface area contributed by atoms with E-state index in [-0.39, 0.29) is 47.7 Å². The van der Waals surface area contributed by atoms with Gasteiger partial charge in [0.2, 0.25) is 5.91 Å². The van der Waals surface area contributed by atoms with E-state index in [0.717, 1.165) is 56.6 Å². The minimum absolute atomic E-state index is 0.00533. The van der Waals surface area contributed by atoms with Crippen molar-refractivity contribution in [3.63, 3.8) is 0 Å². The van der Waals surface area contributed by atoms with Crippen LogP contribution in [0.25, 0.3) is 0 Å². The number of rotatable bonds is 10. The second-order valence-electron chi connectivity index (χ2n) is 10.9. The fraction of sp³-hybridized carbons (Fsp3) is 0.516. The van der Waals surface area contributed by atoms with Gasteiger partial charge in [-0.15, -0.1) is 0 Å². The molecule has 1 heterocycles. The van der Waals surface area contributed by atoms with Crippen LogP contribution in [0.5, 0.6) is 0 Å². The van der Waals surface area contributed by atoms with Crippen LogP contribution in [0.3, 0.4) is 0 Å². The number of Topliss-reactive ketones (excluding diaryl/α,β-unsaturated/α-hetero) is 1. The Morgan fingerprint density at radius 1 is 0.950 bits per heavy atom.